The molecule has 2 fully saturated rings. The smallest absolute Gasteiger partial charge is 0.264 e. The Hall–Kier alpha value is -2.93. The predicted molar refractivity (Wildman–Crippen MR) is 118 cm³/mol. The predicted octanol–water partition coefficient (Wildman–Crippen LogP) is 3.97. The van der Waals surface area contributed by atoms with Gasteiger partial charge in [0.05, 0.1) is 22.9 Å². The molecule has 160 valence electrons. The number of pyridine rings is 1. The number of rotatable bonds is 6. The SMILES string of the molecule is COc1ccc(C2CC2)c(C)c1C1(C(=O)NS(=O)(=O)c2cccc3ncccc23)CC1. The summed E-state index contributed by atoms with van der Waals surface area (Å²) >= 11 is 0. The number of fused-ring (bicyclic) bond motifs is 1. The molecule has 0 bridgehead atoms. The highest BCUT2D eigenvalue weighted by molar-refractivity contribution is 7.90. The molecule has 3 aromatic rings. The molecule has 1 heterocycles. The molecule has 0 aliphatic heterocycles. The van der Waals surface area contributed by atoms with Crippen LogP contribution in [0.3, 0.4) is 0 Å². The Morgan fingerprint density at radius 3 is 2.58 bits per heavy atom. The molecule has 6 nitrogen and oxygen atoms in total. The van der Waals surface area contributed by atoms with Gasteiger partial charge in [-0.2, -0.15) is 0 Å². The maximum Gasteiger partial charge on any atom is 0.264 e. The number of methoxy groups -OCH3 is 1. The van der Waals surface area contributed by atoms with E-state index < -0.39 is 21.3 Å². The fraction of sp³-hybridized carbons (Fsp3) is 0.333. The van der Waals surface area contributed by atoms with Gasteiger partial charge in [0.25, 0.3) is 10.0 Å². The second-order valence-electron chi connectivity index (χ2n) is 8.47. The molecule has 7 heteroatoms. The number of benzene rings is 2. The number of hydrogen-bond donors (Lipinski definition) is 1. The van der Waals surface area contributed by atoms with Crippen LogP contribution in [0.15, 0.2) is 53.6 Å². The Labute approximate surface area is 181 Å². The first kappa shape index (κ1) is 20.0. The van der Waals surface area contributed by atoms with Gasteiger partial charge in [0.15, 0.2) is 0 Å². The average molecular weight is 437 g/mol. The van der Waals surface area contributed by atoms with Gasteiger partial charge in [-0.05, 0) is 80.0 Å². The van der Waals surface area contributed by atoms with E-state index in [-0.39, 0.29) is 4.90 Å². The number of amides is 1. The van der Waals surface area contributed by atoms with Crippen LogP contribution in [0.1, 0.15) is 48.3 Å². The van der Waals surface area contributed by atoms with Gasteiger partial charge in [-0.3, -0.25) is 9.78 Å². The summed E-state index contributed by atoms with van der Waals surface area (Å²) in [6, 6.07) is 12.2. The number of ether oxygens (including phenoxy) is 1. The van der Waals surface area contributed by atoms with Gasteiger partial charge in [-0.15, -0.1) is 0 Å². The molecule has 0 spiro atoms. The lowest BCUT2D eigenvalue weighted by Crippen LogP contribution is -2.39. The highest BCUT2D eigenvalue weighted by atomic mass is 32.2. The Morgan fingerprint density at radius 1 is 1.13 bits per heavy atom. The monoisotopic (exact) mass is 436 g/mol. The Morgan fingerprint density at radius 2 is 1.90 bits per heavy atom. The molecular formula is C24H24N2O4S. The summed E-state index contributed by atoms with van der Waals surface area (Å²) in [5.74, 6) is 0.666. The van der Waals surface area contributed by atoms with E-state index in [1.165, 1.54) is 11.6 Å². The zero-order valence-corrected chi connectivity index (χ0v) is 18.3. The molecule has 0 unspecified atom stereocenters. The van der Waals surface area contributed by atoms with Crippen molar-refractivity contribution < 1.29 is 17.9 Å². The molecule has 31 heavy (non-hydrogen) atoms. The van der Waals surface area contributed by atoms with Gasteiger partial charge in [0, 0.05) is 17.1 Å². The minimum atomic E-state index is -4.06. The van der Waals surface area contributed by atoms with Gasteiger partial charge in [0.2, 0.25) is 5.91 Å². The lowest BCUT2D eigenvalue weighted by molar-refractivity contribution is -0.121. The molecule has 0 atom stereocenters. The highest BCUT2D eigenvalue weighted by Gasteiger charge is 2.55. The third-order valence-electron chi connectivity index (χ3n) is 6.49. The summed E-state index contributed by atoms with van der Waals surface area (Å²) in [5.41, 5.74) is 2.79. The van der Waals surface area contributed by atoms with Crippen molar-refractivity contribution in [3.05, 3.63) is 65.4 Å². The molecule has 2 aliphatic carbocycles. The van der Waals surface area contributed by atoms with E-state index in [9.17, 15) is 13.2 Å². The van der Waals surface area contributed by atoms with E-state index >= 15 is 0 Å². The maximum atomic E-state index is 13.4. The molecule has 2 aliphatic rings. The molecule has 2 saturated carbocycles. The third kappa shape index (κ3) is 3.28. The van der Waals surface area contributed by atoms with Crippen molar-refractivity contribution in [2.24, 2.45) is 0 Å². The summed E-state index contributed by atoms with van der Waals surface area (Å²) in [6.45, 7) is 2.02. The summed E-state index contributed by atoms with van der Waals surface area (Å²) in [7, 11) is -2.48. The summed E-state index contributed by atoms with van der Waals surface area (Å²) in [6.07, 6.45) is 5.09. The highest BCUT2D eigenvalue weighted by Crippen LogP contribution is 2.55. The van der Waals surface area contributed by atoms with Crippen LogP contribution < -0.4 is 9.46 Å². The van der Waals surface area contributed by atoms with Crippen molar-refractivity contribution in [2.75, 3.05) is 7.11 Å². The standard InChI is InChI=1S/C24H24N2O4S/c1-15-17(16-8-9-16)10-11-20(30-2)22(15)24(12-13-24)23(27)26-31(28,29)21-7-3-6-19-18(21)5-4-14-25-19/h3-7,10-11,14,16H,8-9,12-13H2,1-2H3,(H,26,27). The van der Waals surface area contributed by atoms with E-state index in [0.717, 1.165) is 24.0 Å². The number of aromatic nitrogens is 1. The van der Waals surface area contributed by atoms with Crippen LogP contribution in [0.2, 0.25) is 0 Å². The molecule has 1 N–H and O–H groups in total. The van der Waals surface area contributed by atoms with Crippen LogP contribution >= 0.6 is 0 Å². The molecule has 0 saturated heterocycles. The van der Waals surface area contributed by atoms with E-state index in [2.05, 4.69) is 15.8 Å². The van der Waals surface area contributed by atoms with Crippen LogP contribution in [-0.2, 0) is 20.2 Å². The van der Waals surface area contributed by atoms with Crippen molar-refractivity contribution in [3.63, 3.8) is 0 Å². The molecule has 5 rings (SSSR count). The fourth-order valence-corrected chi connectivity index (χ4v) is 5.87. The first-order valence-electron chi connectivity index (χ1n) is 10.5. The number of hydrogen-bond acceptors (Lipinski definition) is 5. The van der Waals surface area contributed by atoms with Crippen LogP contribution in [0, 0.1) is 6.92 Å². The van der Waals surface area contributed by atoms with Gasteiger partial charge >= 0.3 is 0 Å². The fourth-order valence-electron chi connectivity index (χ4n) is 4.60. The molecule has 0 radical (unpaired) electrons. The number of sulfonamides is 1. The molecule has 1 aromatic heterocycles. The minimum absolute atomic E-state index is 0.0534. The van der Waals surface area contributed by atoms with E-state index in [4.69, 9.17) is 4.74 Å². The third-order valence-corrected chi connectivity index (χ3v) is 7.88. The van der Waals surface area contributed by atoms with Gasteiger partial charge in [-0.1, -0.05) is 12.1 Å². The number of nitrogens with one attached hydrogen (secondary N) is 1. The summed E-state index contributed by atoms with van der Waals surface area (Å²) in [5, 5.41) is 0.486. The van der Waals surface area contributed by atoms with Gasteiger partial charge < -0.3 is 4.74 Å². The largest absolute Gasteiger partial charge is 0.496 e. The molecular weight excluding hydrogens is 412 g/mol. The first-order valence-corrected chi connectivity index (χ1v) is 11.9. The topological polar surface area (TPSA) is 85.4 Å². The van der Waals surface area contributed by atoms with Gasteiger partial charge in [-0.25, -0.2) is 13.1 Å². The lowest BCUT2D eigenvalue weighted by atomic mass is 9.86. The van der Waals surface area contributed by atoms with Crippen LogP contribution in [0.4, 0.5) is 0 Å². The quantitative estimate of drug-likeness (QED) is 0.632. The second kappa shape index (κ2) is 7.05. The van der Waals surface area contributed by atoms with Crippen LogP contribution in [0.5, 0.6) is 5.75 Å². The zero-order chi connectivity index (χ0) is 21.8. The van der Waals surface area contributed by atoms with Crippen molar-refractivity contribution >= 4 is 26.8 Å². The average Bonchev–Trinajstić information content (AvgIpc) is 3.67. The van der Waals surface area contributed by atoms with Crippen LogP contribution in [-0.4, -0.2) is 26.4 Å². The summed E-state index contributed by atoms with van der Waals surface area (Å²) < 4.78 is 34.3. The van der Waals surface area contributed by atoms with E-state index in [1.807, 2.05) is 13.0 Å². The number of carbonyl (C=O) groups is 1. The normalized spacial score (nSPS) is 17.4. The van der Waals surface area contributed by atoms with E-state index in [1.54, 1.807) is 37.6 Å². The van der Waals surface area contributed by atoms with Crippen LogP contribution in [0.25, 0.3) is 10.9 Å². The van der Waals surface area contributed by atoms with Crippen molar-refractivity contribution in [3.8, 4) is 5.75 Å². The van der Waals surface area contributed by atoms with Crippen molar-refractivity contribution in [1.82, 2.24) is 9.71 Å². The van der Waals surface area contributed by atoms with Gasteiger partial charge in [0.1, 0.15) is 5.75 Å². The Bertz CT molecular complexity index is 1300. The minimum Gasteiger partial charge on any atom is -0.496 e. The number of carbonyl (C=O) groups excluding carboxylic acids is 1. The Balaban J connectivity index is 1.53. The van der Waals surface area contributed by atoms with Crippen molar-refractivity contribution in [1.29, 1.82) is 0 Å². The zero-order valence-electron chi connectivity index (χ0n) is 17.5. The lowest BCUT2D eigenvalue weighted by Gasteiger charge is -2.23. The molecule has 2 aromatic carbocycles. The first-order chi connectivity index (χ1) is 14.9. The maximum absolute atomic E-state index is 13.4. The van der Waals surface area contributed by atoms with E-state index in [0.29, 0.717) is 35.4 Å². The Kier molecular flexibility index (Phi) is 4.55. The number of nitrogens with zero attached hydrogens (tertiary/aromatic N) is 1. The second-order valence-corrected chi connectivity index (χ2v) is 10.1. The van der Waals surface area contributed by atoms with Crippen molar-refractivity contribution in [2.45, 2.75) is 48.8 Å². The summed E-state index contributed by atoms with van der Waals surface area (Å²) in [4.78, 5) is 17.7. The molecule has 1 amide bonds.